The van der Waals surface area contributed by atoms with Crippen LogP contribution in [0.1, 0.15) is 31.1 Å². The van der Waals surface area contributed by atoms with E-state index < -0.39 is 23.6 Å². The Morgan fingerprint density at radius 2 is 1.74 bits per heavy atom. The summed E-state index contributed by atoms with van der Waals surface area (Å²) < 4.78 is 5.57. The Kier molecular flexibility index (Phi) is 6.16. The molecule has 1 N–H and O–H groups in total. The number of nitrogens with zero attached hydrogens (tertiary/aromatic N) is 9. The van der Waals surface area contributed by atoms with Crippen molar-refractivity contribution in [2.24, 2.45) is 5.11 Å². The molecule has 1 atom stereocenters. The van der Waals surface area contributed by atoms with Crippen molar-refractivity contribution in [3.63, 3.8) is 0 Å². The van der Waals surface area contributed by atoms with E-state index in [2.05, 4.69) is 30.0 Å². The average molecular weight is 427 g/mol. The highest BCUT2D eigenvalue weighted by Crippen LogP contribution is 2.23. The van der Waals surface area contributed by atoms with Crippen LogP contribution in [0.25, 0.3) is 10.4 Å². The zero-order valence-electron chi connectivity index (χ0n) is 17.2. The van der Waals surface area contributed by atoms with E-state index in [1.165, 1.54) is 24.8 Å². The summed E-state index contributed by atoms with van der Waals surface area (Å²) in [7, 11) is 0. The summed E-state index contributed by atoms with van der Waals surface area (Å²) in [6, 6.07) is -0.774. The molecule has 0 spiro atoms. The van der Waals surface area contributed by atoms with Gasteiger partial charge in [0.05, 0.1) is 17.8 Å². The number of carbonyl (C=O) groups is 2. The first-order chi connectivity index (χ1) is 14.7. The van der Waals surface area contributed by atoms with Gasteiger partial charge in [-0.2, -0.15) is 0 Å². The molecule has 2 aromatic rings. The average Bonchev–Trinajstić information content (AvgIpc) is 2.73. The molecule has 2 aromatic heterocycles. The number of rotatable bonds is 5. The molecule has 1 aliphatic heterocycles. The van der Waals surface area contributed by atoms with Gasteiger partial charge in [-0.3, -0.25) is 0 Å². The van der Waals surface area contributed by atoms with E-state index in [-0.39, 0.29) is 23.7 Å². The second-order valence-corrected chi connectivity index (χ2v) is 7.70. The summed E-state index contributed by atoms with van der Waals surface area (Å²) in [6.45, 7) is 6.30. The third-order valence-electron chi connectivity index (χ3n) is 4.27. The molecule has 0 amide bonds. The molecule has 0 saturated carbocycles. The number of anilines is 2. The maximum absolute atomic E-state index is 13.0. The topological polar surface area (TPSA) is 170 Å². The Balaban J connectivity index is 1.87. The number of hydrogen-bond acceptors (Lipinski definition) is 10. The number of esters is 1. The van der Waals surface area contributed by atoms with Crippen LogP contribution in [0.3, 0.4) is 0 Å². The first-order valence-electron chi connectivity index (χ1n) is 9.35. The quantitative estimate of drug-likeness (QED) is 0.322. The summed E-state index contributed by atoms with van der Waals surface area (Å²) in [5.74, 6) is -1.03. The number of carbonyl (C=O) groups excluding carboxylic acids is 1. The zero-order valence-corrected chi connectivity index (χ0v) is 17.2. The van der Waals surface area contributed by atoms with Gasteiger partial charge in [-0.25, -0.2) is 29.5 Å². The Hall–Kier alpha value is -3.99. The van der Waals surface area contributed by atoms with Crippen LogP contribution in [0.5, 0.6) is 0 Å². The van der Waals surface area contributed by atoms with Crippen molar-refractivity contribution in [1.29, 1.82) is 0 Å². The molecular formula is C18H21N9O4. The number of ether oxygens (including phenoxy) is 1. The lowest BCUT2D eigenvalue weighted by Crippen LogP contribution is -2.58. The van der Waals surface area contributed by atoms with Crippen molar-refractivity contribution in [3.05, 3.63) is 40.8 Å². The first kappa shape index (κ1) is 21.7. The summed E-state index contributed by atoms with van der Waals surface area (Å²) in [4.78, 5) is 46.8. The maximum atomic E-state index is 13.0. The number of carboxylic acids is 1. The summed E-state index contributed by atoms with van der Waals surface area (Å²) in [6.07, 6.45) is 5.18. The molecule has 0 bridgehead atoms. The molecule has 13 heteroatoms. The van der Waals surface area contributed by atoms with Crippen LogP contribution < -0.4 is 9.80 Å². The number of carboxylic acid groups (broad SMARTS) is 1. The Morgan fingerprint density at radius 3 is 2.29 bits per heavy atom. The predicted molar refractivity (Wildman–Crippen MR) is 109 cm³/mol. The Labute approximate surface area is 177 Å². The lowest BCUT2D eigenvalue weighted by molar-refractivity contribution is -0.156. The van der Waals surface area contributed by atoms with Gasteiger partial charge >= 0.3 is 11.9 Å². The van der Waals surface area contributed by atoms with Crippen molar-refractivity contribution in [2.75, 3.05) is 29.4 Å². The SMILES string of the molecule is CC(C)(C)OC(=O)C1CN(c2ncc(N=[N+]=[N-])cn2)CCN1c1ncc(C(=O)O)cn1. The molecule has 1 saturated heterocycles. The molecule has 31 heavy (non-hydrogen) atoms. The molecule has 1 unspecified atom stereocenters. The van der Waals surface area contributed by atoms with E-state index in [0.717, 1.165) is 0 Å². The van der Waals surface area contributed by atoms with Gasteiger partial charge in [0.15, 0.2) is 0 Å². The summed E-state index contributed by atoms with van der Waals surface area (Å²) >= 11 is 0. The van der Waals surface area contributed by atoms with Crippen molar-refractivity contribution in [3.8, 4) is 0 Å². The van der Waals surface area contributed by atoms with Gasteiger partial charge in [-0.05, 0) is 26.3 Å². The van der Waals surface area contributed by atoms with Crippen LogP contribution in [0, 0.1) is 0 Å². The standard InChI is InChI=1S/C18H21N9O4/c1-18(2,3)31-15(30)13-10-26(16-22-8-12(9-23-16)24-25-19)4-5-27(13)17-20-6-11(7-21-17)14(28)29/h6-9,13H,4-5,10H2,1-3H3,(H,28,29). The first-order valence-corrected chi connectivity index (χ1v) is 9.35. The Bertz CT molecular complexity index is 998. The third-order valence-corrected chi connectivity index (χ3v) is 4.27. The fourth-order valence-electron chi connectivity index (χ4n) is 2.94. The van der Waals surface area contributed by atoms with Gasteiger partial charge in [-0.1, -0.05) is 5.11 Å². The maximum Gasteiger partial charge on any atom is 0.338 e. The van der Waals surface area contributed by atoms with E-state index in [9.17, 15) is 9.59 Å². The highest BCUT2D eigenvalue weighted by Gasteiger charge is 2.37. The molecule has 1 aliphatic rings. The second kappa shape index (κ2) is 8.79. The van der Waals surface area contributed by atoms with E-state index in [0.29, 0.717) is 19.0 Å². The van der Waals surface area contributed by atoms with E-state index in [4.69, 9.17) is 15.4 Å². The van der Waals surface area contributed by atoms with Gasteiger partial charge in [0, 0.05) is 42.8 Å². The summed E-state index contributed by atoms with van der Waals surface area (Å²) in [5.41, 5.74) is 8.03. The Morgan fingerprint density at radius 1 is 1.13 bits per heavy atom. The number of aromatic nitrogens is 4. The highest BCUT2D eigenvalue weighted by atomic mass is 16.6. The van der Waals surface area contributed by atoms with Crippen molar-refractivity contribution in [2.45, 2.75) is 32.4 Å². The molecule has 162 valence electrons. The molecule has 3 rings (SSSR count). The lowest BCUT2D eigenvalue weighted by Gasteiger charge is -2.40. The predicted octanol–water partition coefficient (Wildman–Crippen LogP) is 1.94. The minimum absolute atomic E-state index is 0.0512. The van der Waals surface area contributed by atoms with E-state index in [1.54, 1.807) is 30.6 Å². The monoisotopic (exact) mass is 427 g/mol. The molecule has 3 heterocycles. The lowest BCUT2D eigenvalue weighted by atomic mass is 10.1. The molecule has 0 radical (unpaired) electrons. The van der Waals surface area contributed by atoms with Crippen LogP contribution in [-0.4, -0.2) is 68.3 Å². The largest absolute Gasteiger partial charge is 0.478 e. The van der Waals surface area contributed by atoms with Crippen molar-refractivity contribution < 1.29 is 19.4 Å². The molecule has 13 nitrogen and oxygen atoms in total. The van der Waals surface area contributed by atoms with Crippen LogP contribution in [0.15, 0.2) is 29.9 Å². The fourth-order valence-corrected chi connectivity index (χ4v) is 2.94. The van der Waals surface area contributed by atoms with Crippen LogP contribution in [-0.2, 0) is 9.53 Å². The zero-order chi connectivity index (χ0) is 22.6. The van der Waals surface area contributed by atoms with Gasteiger partial charge in [0.1, 0.15) is 11.6 Å². The van der Waals surface area contributed by atoms with E-state index >= 15 is 0 Å². The van der Waals surface area contributed by atoms with Gasteiger partial charge < -0.3 is 19.6 Å². The van der Waals surface area contributed by atoms with Gasteiger partial charge in [0.25, 0.3) is 0 Å². The minimum Gasteiger partial charge on any atom is -0.478 e. The van der Waals surface area contributed by atoms with Crippen LogP contribution >= 0.6 is 0 Å². The molecule has 0 aliphatic carbocycles. The molecular weight excluding hydrogens is 406 g/mol. The number of hydrogen-bond donors (Lipinski definition) is 1. The molecule has 0 aromatic carbocycles. The van der Waals surface area contributed by atoms with Crippen molar-refractivity contribution >= 4 is 29.5 Å². The van der Waals surface area contributed by atoms with Gasteiger partial charge in [0.2, 0.25) is 11.9 Å². The van der Waals surface area contributed by atoms with Crippen LogP contribution in [0.4, 0.5) is 17.6 Å². The van der Waals surface area contributed by atoms with Crippen molar-refractivity contribution in [1.82, 2.24) is 19.9 Å². The van der Waals surface area contributed by atoms with Crippen LogP contribution in [0.2, 0.25) is 0 Å². The summed E-state index contributed by atoms with van der Waals surface area (Å²) in [5, 5.41) is 12.5. The van der Waals surface area contributed by atoms with Gasteiger partial charge in [-0.15, -0.1) is 0 Å². The normalized spacial score (nSPS) is 16.4. The highest BCUT2D eigenvalue weighted by molar-refractivity contribution is 5.87. The number of azide groups is 1. The minimum atomic E-state index is -1.14. The third kappa shape index (κ3) is 5.34. The smallest absolute Gasteiger partial charge is 0.338 e. The second-order valence-electron chi connectivity index (χ2n) is 7.70. The van der Waals surface area contributed by atoms with E-state index in [1.807, 2.05) is 0 Å². The number of piperazine rings is 1. The fraction of sp³-hybridized carbons (Fsp3) is 0.444. The number of aromatic carboxylic acids is 1. The molecule has 1 fully saturated rings.